The lowest BCUT2D eigenvalue weighted by molar-refractivity contribution is 0.237. The molecule has 0 unspecified atom stereocenters. The number of nitrogens with one attached hydrogen (secondary N) is 2. The van der Waals surface area contributed by atoms with Crippen LogP contribution in [0.3, 0.4) is 0 Å². The average Bonchev–Trinajstić information content (AvgIpc) is 3.41. The van der Waals surface area contributed by atoms with E-state index < -0.39 is 0 Å². The molecule has 1 aromatic carbocycles. The fourth-order valence-electron chi connectivity index (χ4n) is 4.23. The largest absolute Gasteiger partial charge is 0.370 e. The molecule has 2 aromatic rings. The minimum absolute atomic E-state index is 0.610. The van der Waals surface area contributed by atoms with Crippen LogP contribution in [0.4, 0.5) is 17.5 Å². The molecule has 4 rings (SSSR count). The predicted octanol–water partition coefficient (Wildman–Crippen LogP) is 4.23. The molecule has 6 nitrogen and oxygen atoms in total. The van der Waals surface area contributed by atoms with Gasteiger partial charge in [0.1, 0.15) is 5.82 Å². The van der Waals surface area contributed by atoms with Crippen LogP contribution in [-0.2, 0) is 6.54 Å². The van der Waals surface area contributed by atoms with E-state index >= 15 is 0 Å². The van der Waals surface area contributed by atoms with Gasteiger partial charge in [-0.3, -0.25) is 4.90 Å². The maximum atomic E-state index is 5.63. The number of hydrogen-bond acceptors (Lipinski definition) is 6. The smallest absolute Gasteiger partial charge is 0.229 e. The summed E-state index contributed by atoms with van der Waals surface area (Å²) in [6.07, 6.45) is 10.8. The van der Waals surface area contributed by atoms with E-state index in [0.717, 1.165) is 37.1 Å². The van der Waals surface area contributed by atoms with E-state index in [9.17, 15) is 0 Å². The van der Waals surface area contributed by atoms with Crippen molar-refractivity contribution >= 4 is 17.5 Å². The molecule has 0 aliphatic heterocycles. The van der Waals surface area contributed by atoms with E-state index in [0.29, 0.717) is 18.4 Å². The van der Waals surface area contributed by atoms with Gasteiger partial charge in [-0.25, -0.2) is 4.98 Å². The number of rotatable bonds is 10. The van der Waals surface area contributed by atoms with Gasteiger partial charge in [-0.1, -0.05) is 25.0 Å². The molecule has 0 radical (unpaired) electrons. The third kappa shape index (κ3) is 5.46. The van der Waals surface area contributed by atoms with Crippen molar-refractivity contribution in [1.82, 2.24) is 14.9 Å². The quantitative estimate of drug-likeness (QED) is 0.523. The highest BCUT2D eigenvalue weighted by Crippen LogP contribution is 2.42. The Bertz CT molecular complexity index is 798. The lowest BCUT2D eigenvalue weighted by Gasteiger charge is -2.24. The van der Waals surface area contributed by atoms with Gasteiger partial charge in [0.2, 0.25) is 5.95 Å². The second kappa shape index (κ2) is 9.55. The summed E-state index contributed by atoms with van der Waals surface area (Å²) in [5.74, 6) is 2.21. The van der Waals surface area contributed by atoms with Crippen LogP contribution in [0.5, 0.6) is 0 Å². The van der Waals surface area contributed by atoms with Crippen LogP contribution in [-0.4, -0.2) is 41.0 Å². The fourth-order valence-corrected chi connectivity index (χ4v) is 4.23. The highest BCUT2D eigenvalue weighted by atomic mass is 15.1. The Balaban J connectivity index is 1.43. The van der Waals surface area contributed by atoms with Gasteiger partial charge in [-0.15, -0.1) is 0 Å². The Hall–Kier alpha value is -2.18. The molecule has 2 aliphatic rings. The number of nitrogens with zero attached hydrogens (tertiary/aromatic N) is 3. The maximum absolute atomic E-state index is 5.63. The zero-order valence-corrected chi connectivity index (χ0v) is 17.5. The van der Waals surface area contributed by atoms with E-state index in [2.05, 4.69) is 51.8 Å². The summed E-state index contributed by atoms with van der Waals surface area (Å²) in [4.78, 5) is 11.8. The molecule has 0 spiro atoms. The van der Waals surface area contributed by atoms with Gasteiger partial charge in [0.15, 0.2) is 0 Å². The normalized spacial score (nSPS) is 17.1. The second-order valence-electron chi connectivity index (χ2n) is 8.52. The molecule has 2 aliphatic carbocycles. The molecule has 2 fully saturated rings. The van der Waals surface area contributed by atoms with Crippen molar-refractivity contribution in [2.75, 3.05) is 30.8 Å². The Labute approximate surface area is 174 Å². The molecule has 0 saturated heterocycles. The summed E-state index contributed by atoms with van der Waals surface area (Å²) < 4.78 is 0. The molecule has 1 aromatic heterocycles. The van der Waals surface area contributed by atoms with E-state index in [-0.39, 0.29) is 0 Å². The minimum atomic E-state index is 0.610. The maximum Gasteiger partial charge on any atom is 0.229 e. The van der Waals surface area contributed by atoms with Crippen LogP contribution < -0.4 is 16.4 Å². The van der Waals surface area contributed by atoms with E-state index in [1.165, 1.54) is 49.7 Å². The van der Waals surface area contributed by atoms with Gasteiger partial charge in [-0.05, 0) is 69.3 Å². The highest BCUT2D eigenvalue weighted by molar-refractivity contribution is 5.58. The van der Waals surface area contributed by atoms with Crippen LogP contribution in [0.15, 0.2) is 30.5 Å². The van der Waals surface area contributed by atoms with E-state index in [1.54, 1.807) is 0 Å². The molecule has 0 atom stereocenters. The Morgan fingerprint density at radius 1 is 1.17 bits per heavy atom. The first-order valence-electron chi connectivity index (χ1n) is 11.1. The second-order valence-corrected chi connectivity index (χ2v) is 8.52. The highest BCUT2D eigenvalue weighted by Gasteiger charge is 2.27. The van der Waals surface area contributed by atoms with Crippen LogP contribution in [0.1, 0.15) is 62.0 Å². The SMILES string of the molecule is CN(Cc1cccc(Nc2ncc(C3CC3)c(NCCCN)n2)c1)C1CCCC1. The first kappa shape index (κ1) is 20.1. The number of anilines is 3. The molecular formula is C23H34N6. The van der Waals surface area contributed by atoms with Gasteiger partial charge in [0.05, 0.1) is 0 Å². The summed E-state index contributed by atoms with van der Waals surface area (Å²) in [6, 6.07) is 9.34. The lowest BCUT2D eigenvalue weighted by atomic mass is 10.1. The average molecular weight is 395 g/mol. The Morgan fingerprint density at radius 2 is 2.00 bits per heavy atom. The summed E-state index contributed by atoms with van der Waals surface area (Å²) in [6.45, 7) is 2.51. The zero-order chi connectivity index (χ0) is 20.1. The van der Waals surface area contributed by atoms with Crippen molar-refractivity contribution in [2.45, 2.75) is 63.5 Å². The van der Waals surface area contributed by atoms with Crippen molar-refractivity contribution in [3.63, 3.8) is 0 Å². The molecule has 0 amide bonds. The van der Waals surface area contributed by atoms with Gasteiger partial charge in [0, 0.05) is 36.6 Å². The molecule has 0 bridgehead atoms. The summed E-state index contributed by atoms with van der Waals surface area (Å²) in [5.41, 5.74) is 9.23. The van der Waals surface area contributed by atoms with Crippen LogP contribution in [0.25, 0.3) is 0 Å². The minimum Gasteiger partial charge on any atom is -0.370 e. The molecule has 1 heterocycles. The number of hydrogen-bond donors (Lipinski definition) is 3. The van der Waals surface area contributed by atoms with Gasteiger partial charge in [-0.2, -0.15) is 4.98 Å². The molecule has 6 heteroatoms. The van der Waals surface area contributed by atoms with Crippen LogP contribution >= 0.6 is 0 Å². The number of aromatic nitrogens is 2. The predicted molar refractivity (Wildman–Crippen MR) is 120 cm³/mol. The van der Waals surface area contributed by atoms with Gasteiger partial charge < -0.3 is 16.4 Å². The number of nitrogens with two attached hydrogens (primary N) is 1. The van der Waals surface area contributed by atoms with Gasteiger partial charge >= 0.3 is 0 Å². The topological polar surface area (TPSA) is 79.1 Å². The van der Waals surface area contributed by atoms with Crippen molar-refractivity contribution < 1.29 is 0 Å². The number of benzene rings is 1. The Morgan fingerprint density at radius 3 is 2.76 bits per heavy atom. The van der Waals surface area contributed by atoms with Crippen LogP contribution in [0, 0.1) is 0 Å². The fraction of sp³-hybridized carbons (Fsp3) is 0.565. The Kier molecular flexibility index (Phi) is 6.62. The monoisotopic (exact) mass is 394 g/mol. The summed E-state index contributed by atoms with van der Waals surface area (Å²) in [5, 5.41) is 6.85. The molecule has 156 valence electrons. The summed E-state index contributed by atoms with van der Waals surface area (Å²) >= 11 is 0. The first-order valence-corrected chi connectivity index (χ1v) is 11.1. The third-order valence-electron chi connectivity index (χ3n) is 6.07. The van der Waals surface area contributed by atoms with E-state index in [4.69, 9.17) is 10.7 Å². The van der Waals surface area contributed by atoms with Crippen molar-refractivity contribution in [3.05, 3.63) is 41.6 Å². The standard InChI is InChI=1S/C23H34N6/c1-29(20-8-2-3-9-20)16-17-6-4-7-19(14-17)27-23-26-15-21(18-10-11-18)22(28-23)25-13-5-12-24/h4,6-7,14-15,18,20H,2-3,5,8-13,16,24H2,1H3,(H2,25,26,27,28). The van der Waals surface area contributed by atoms with Crippen LogP contribution in [0.2, 0.25) is 0 Å². The third-order valence-corrected chi connectivity index (χ3v) is 6.07. The molecular weight excluding hydrogens is 360 g/mol. The van der Waals surface area contributed by atoms with Crippen molar-refractivity contribution in [3.8, 4) is 0 Å². The molecule has 4 N–H and O–H groups in total. The van der Waals surface area contributed by atoms with E-state index in [1.807, 2.05) is 6.20 Å². The van der Waals surface area contributed by atoms with Crippen molar-refractivity contribution in [1.29, 1.82) is 0 Å². The zero-order valence-electron chi connectivity index (χ0n) is 17.5. The molecule has 2 saturated carbocycles. The first-order chi connectivity index (χ1) is 14.2. The lowest BCUT2D eigenvalue weighted by Crippen LogP contribution is -2.28. The summed E-state index contributed by atoms with van der Waals surface area (Å²) in [7, 11) is 2.25. The van der Waals surface area contributed by atoms with Gasteiger partial charge in [0.25, 0.3) is 0 Å². The van der Waals surface area contributed by atoms with Crippen molar-refractivity contribution in [2.24, 2.45) is 5.73 Å². The molecule has 29 heavy (non-hydrogen) atoms.